The Morgan fingerprint density at radius 3 is 2.22 bits per heavy atom. The number of nitrogens with two attached hydrogens (primary N) is 1. The van der Waals surface area contributed by atoms with Gasteiger partial charge in [0.2, 0.25) is 10.0 Å². The van der Waals surface area contributed by atoms with Crippen LogP contribution in [0.3, 0.4) is 0 Å². The van der Waals surface area contributed by atoms with E-state index in [1.807, 2.05) is 30.3 Å². The number of nitrogens with one attached hydrogen (secondary N) is 1. The quantitative estimate of drug-likeness (QED) is 0.383. The number of morpholine rings is 1. The van der Waals surface area contributed by atoms with Crippen LogP contribution in [-0.4, -0.2) is 71.9 Å². The molecule has 16 heteroatoms. The van der Waals surface area contributed by atoms with Gasteiger partial charge in [0.25, 0.3) is 9.84 Å². The predicted octanol–water partition coefficient (Wildman–Crippen LogP) is 3.77. The first-order chi connectivity index (χ1) is 16.4. The molecule has 3 rings (SSSR count). The Hall–Kier alpha value is -1.26. The van der Waals surface area contributed by atoms with Gasteiger partial charge in [-0.3, -0.25) is 4.90 Å². The normalized spacial score (nSPS) is 15.8. The fourth-order valence-electron chi connectivity index (χ4n) is 3.44. The van der Waals surface area contributed by atoms with Crippen molar-refractivity contribution in [2.45, 2.75) is 32.7 Å². The molecule has 0 unspecified atom stereocenters. The number of hydrogen-bond donors (Lipinski definition) is 2. The molecule has 1 aliphatic heterocycles. The van der Waals surface area contributed by atoms with Crippen LogP contribution in [-0.2, 0) is 24.6 Å². The number of rotatable bonds is 10. The standard InChI is InChI=1S/C21H26F3N3O5S3.2ClH/c22-21(23,24)34(28,29)20-14-18(35(25,30)31)6-7-19(20)26-16(8-9-27-10-12-32-13-11-27)15-33-17-4-2-1-3-5-17;;/h1-7,14,16,26H,8-13,15H2,(H2,25,30,31);2*1H/t16-;;/m1../s1. The average molecular weight is 627 g/mol. The number of thioether (sulfide) groups is 1. The minimum Gasteiger partial charge on any atom is -0.380 e. The number of hydrogen-bond acceptors (Lipinski definition) is 8. The fourth-order valence-corrected chi connectivity index (χ4v) is 6.00. The second-order valence-corrected chi connectivity index (χ2v) is 12.4. The molecule has 2 aromatic carbocycles. The molecule has 0 spiro atoms. The summed E-state index contributed by atoms with van der Waals surface area (Å²) in [5.74, 6) is 0.427. The molecule has 3 N–H and O–H groups in total. The van der Waals surface area contributed by atoms with Gasteiger partial charge in [-0.2, -0.15) is 13.2 Å². The van der Waals surface area contributed by atoms with Crippen molar-refractivity contribution in [2.75, 3.05) is 43.9 Å². The van der Waals surface area contributed by atoms with Crippen molar-refractivity contribution in [1.29, 1.82) is 0 Å². The minimum absolute atomic E-state index is 0. The van der Waals surface area contributed by atoms with Gasteiger partial charge in [0.15, 0.2) is 0 Å². The molecule has 1 heterocycles. The summed E-state index contributed by atoms with van der Waals surface area (Å²) < 4.78 is 93.5. The molecular weight excluding hydrogens is 598 g/mol. The highest BCUT2D eigenvalue weighted by molar-refractivity contribution is 7.99. The lowest BCUT2D eigenvalue weighted by Gasteiger charge is -2.29. The monoisotopic (exact) mass is 625 g/mol. The number of primary sulfonamides is 1. The first-order valence-corrected chi connectivity index (χ1v) is 14.6. The average Bonchev–Trinajstić information content (AvgIpc) is 2.81. The lowest BCUT2D eigenvalue weighted by Crippen LogP contribution is -2.39. The number of benzene rings is 2. The van der Waals surface area contributed by atoms with Gasteiger partial charge in [-0.15, -0.1) is 36.6 Å². The second-order valence-electron chi connectivity index (χ2n) is 7.86. The van der Waals surface area contributed by atoms with E-state index < -0.39 is 41.2 Å². The van der Waals surface area contributed by atoms with Gasteiger partial charge in [-0.25, -0.2) is 22.0 Å². The van der Waals surface area contributed by atoms with E-state index in [-0.39, 0.29) is 30.5 Å². The number of nitrogens with zero attached hydrogens (tertiary/aromatic N) is 1. The number of alkyl halides is 3. The number of halogens is 5. The van der Waals surface area contributed by atoms with Gasteiger partial charge < -0.3 is 10.1 Å². The van der Waals surface area contributed by atoms with Crippen LogP contribution in [0, 0.1) is 0 Å². The molecule has 0 amide bonds. The van der Waals surface area contributed by atoms with Crippen LogP contribution >= 0.6 is 36.6 Å². The smallest absolute Gasteiger partial charge is 0.380 e. The van der Waals surface area contributed by atoms with Crippen molar-refractivity contribution in [3.8, 4) is 0 Å². The lowest BCUT2D eigenvalue weighted by atomic mass is 10.2. The van der Waals surface area contributed by atoms with Crippen LogP contribution in [0.5, 0.6) is 0 Å². The Balaban J connectivity index is 0.00000342. The van der Waals surface area contributed by atoms with Crippen molar-refractivity contribution < 1.29 is 34.7 Å². The van der Waals surface area contributed by atoms with Crippen LogP contribution in [0.1, 0.15) is 6.42 Å². The van der Waals surface area contributed by atoms with Crippen LogP contribution in [0.4, 0.5) is 18.9 Å². The van der Waals surface area contributed by atoms with Crippen molar-refractivity contribution in [2.24, 2.45) is 5.14 Å². The van der Waals surface area contributed by atoms with Gasteiger partial charge in [0, 0.05) is 36.3 Å². The molecular formula is C21H28Cl2F3N3O5S3. The molecule has 1 atom stereocenters. The maximum atomic E-state index is 13.4. The summed E-state index contributed by atoms with van der Waals surface area (Å²) >= 11 is 1.47. The molecule has 0 aliphatic carbocycles. The molecule has 8 nitrogen and oxygen atoms in total. The molecule has 0 radical (unpaired) electrons. The van der Waals surface area contributed by atoms with Gasteiger partial charge in [-0.1, -0.05) is 18.2 Å². The third-order valence-corrected chi connectivity index (χ3v) is 8.94. The zero-order valence-corrected chi connectivity index (χ0v) is 23.5. The third kappa shape index (κ3) is 9.46. The SMILES string of the molecule is Cl.Cl.NS(=O)(=O)c1ccc(N[C@H](CCN2CCOCC2)CSc2ccccc2)c(S(=O)(=O)C(F)(F)F)c1. The van der Waals surface area contributed by atoms with E-state index in [4.69, 9.17) is 9.88 Å². The highest BCUT2D eigenvalue weighted by Gasteiger charge is 2.48. The van der Waals surface area contributed by atoms with Gasteiger partial charge >= 0.3 is 5.51 Å². The van der Waals surface area contributed by atoms with E-state index >= 15 is 0 Å². The van der Waals surface area contributed by atoms with Crippen LogP contribution in [0.25, 0.3) is 0 Å². The van der Waals surface area contributed by atoms with E-state index in [9.17, 15) is 30.0 Å². The molecule has 1 saturated heterocycles. The van der Waals surface area contributed by atoms with Crippen LogP contribution < -0.4 is 10.5 Å². The number of anilines is 1. The maximum absolute atomic E-state index is 13.4. The lowest BCUT2D eigenvalue weighted by molar-refractivity contribution is -0.0435. The van der Waals surface area contributed by atoms with Gasteiger partial charge in [0.1, 0.15) is 4.90 Å². The Labute approximate surface area is 231 Å². The topological polar surface area (TPSA) is 119 Å². The summed E-state index contributed by atoms with van der Waals surface area (Å²) in [7, 11) is -10.3. The first-order valence-electron chi connectivity index (χ1n) is 10.6. The first kappa shape index (κ1) is 33.8. The molecule has 2 aromatic rings. The molecule has 1 fully saturated rings. The number of ether oxygens (including phenoxy) is 1. The summed E-state index contributed by atoms with van der Waals surface area (Å²) in [6.45, 7) is 3.22. The summed E-state index contributed by atoms with van der Waals surface area (Å²) in [4.78, 5) is 1.19. The highest BCUT2D eigenvalue weighted by atomic mass is 35.5. The van der Waals surface area contributed by atoms with Gasteiger partial charge in [0.05, 0.1) is 23.8 Å². The predicted molar refractivity (Wildman–Crippen MR) is 142 cm³/mol. The van der Waals surface area contributed by atoms with E-state index in [0.717, 1.165) is 30.1 Å². The molecule has 0 saturated carbocycles. The highest BCUT2D eigenvalue weighted by Crippen LogP contribution is 2.36. The Morgan fingerprint density at radius 2 is 1.65 bits per heavy atom. The maximum Gasteiger partial charge on any atom is 0.501 e. The summed E-state index contributed by atoms with van der Waals surface area (Å²) in [5.41, 5.74) is -5.96. The molecule has 0 aromatic heterocycles. The van der Waals surface area contributed by atoms with Crippen LogP contribution in [0.15, 0.2) is 63.2 Å². The van der Waals surface area contributed by atoms with Crippen molar-refractivity contribution in [1.82, 2.24) is 4.90 Å². The second kappa shape index (κ2) is 14.2. The third-order valence-electron chi connectivity index (χ3n) is 5.33. The molecule has 210 valence electrons. The van der Waals surface area contributed by atoms with Crippen molar-refractivity contribution >= 4 is 62.1 Å². The summed E-state index contributed by atoms with van der Waals surface area (Å²) in [5, 5.41) is 7.95. The van der Waals surface area contributed by atoms with E-state index in [2.05, 4.69) is 10.2 Å². The fraction of sp³-hybridized carbons (Fsp3) is 0.429. The minimum atomic E-state index is -5.85. The van der Waals surface area contributed by atoms with Gasteiger partial charge in [-0.05, 0) is 36.8 Å². The van der Waals surface area contributed by atoms with E-state index in [1.165, 1.54) is 11.8 Å². The number of sulfone groups is 1. The van der Waals surface area contributed by atoms with E-state index in [0.29, 0.717) is 38.0 Å². The van der Waals surface area contributed by atoms with E-state index in [1.54, 1.807) is 0 Å². The Morgan fingerprint density at radius 1 is 1.03 bits per heavy atom. The van der Waals surface area contributed by atoms with Crippen molar-refractivity contribution in [3.63, 3.8) is 0 Å². The molecule has 37 heavy (non-hydrogen) atoms. The molecule has 1 aliphatic rings. The summed E-state index contributed by atoms with van der Waals surface area (Å²) in [6, 6.07) is 11.4. The molecule has 0 bridgehead atoms. The number of sulfonamides is 1. The largest absolute Gasteiger partial charge is 0.501 e. The Bertz CT molecular complexity index is 1210. The Kier molecular flexibility index (Phi) is 13.0. The summed E-state index contributed by atoms with van der Waals surface area (Å²) in [6.07, 6.45) is 0.502. The zero-order chi connectivity index (χ0) is 25.7. The van der Waals surface area contributed by atoms with Crippen molar-refractivity contribution in [3.05, 3.63) is 48.5 Å². The zero-order valence-electron chi connectivity index (χ0n) is 19.4. The van der Waals surface area contributed by atoms with Crippen LogP contribution in [0.2, 0.25) is 0 Å².